The molecule has 0 unspecified atom stereocenters. The van der Waals surface area contributed by atoms with Gasteiger partial charge in [-0.3, -0.25) is 9.89 Å². The second-order valence-corrected chi connectivity index (χ2v) is 9.83. The van der Waals surface area contributed by atoms with Gasteiger partial charge in [0.05, 0.1) is 11.4 Å². The Balaban J connectivity index is 0.00000363. The van der Waals surface area contributed by atoms with E-state index in [0.717, 1.165) is 38.7 Å². The van der Waals surface area contributed by atoms with Crippen LogP contribution in [0.1, 0.15) is 11.1 Å². The minimum Gasteiger partial charge on any atom is -0.492 e. The summed E-state index contributed by atoms with van der Waals surface area (Å²) >= 11 is 0. The molecule has 3 rings (SSSR count). The lowest BCUT2D eigenvalue weighted by Gasteiger charge is -2.36. The van der Waals surface area contributed by atoms with Crippen molar-refractivity contribution in [2.24, 2.45) is 4.99 Å². The number of benzene rings is 2. The Bertz CT molecular complexity index is 989. The van der Waals surface area contributed by atoms with Crippen molar-refractivity contribution in [1.82, 2.24) is 15.1 Å². The highest BCUT2D eigenvalue weighted by atomic mass is 127. The predicted molar refractivity (Wildman–Crippen MR) is 140 cm³/mol. The molecule has 0 saturated carbocycles. The van der Waals surface area contributed by atoms with Crippen LogP contribution in [-0.4, -0.2) is 76.8 Å². The zero-order valence-corrected chi connectivity index (χ0v) is 22.1. The van der Waals surface area contributed by atoms with E-state index in [2.05, 4.69) is 51.3 Å². The molecule has 0 radical (unpaired) electrons. The number of nitrogens with zero attached hydrogens (tertiary/aromatic N) is 3. The van der Waals surface area contributed by atoms with Crippen LogP contribution in [0.3, 0.4) is 0 Å². The molecule has 0 bridgehead atoms. The van der Waals surface area contributed by atoms with Gasteiger partial charge in [0.1, 0.15) is 12.4 Å². The van der Waals surface area contributed by atoms with Crippen molar-refractivity contribution >= 4 is 39.8 Å². The molecule has 7 nitrogen and oxygen atoms in total. The van der Waals surface area contributed by atoms with Crippen molar-refractivity contribution in [1.29, 1.82) is 0 Å². The Hall–Kier alpha value is -1.85. The summed E-state index contributed by atoms with van der Waals surface area (Å²) in [5.41, 5.74) is 2.66. The lowest BCUT2D eigenvalue weighted by Crippen LogP contribution is -2.52. The highest BCUT2D eigenvalue weighted by molar-refractivity contribution is 14.0. The molecule has 0 spiro atoms. The van der Waals surface area contributed by atoms with E-state index in [1.807, 2.05) is 0 Å². The molecule has 1 fully saturated rings. The van der Waals surface area contributed by atoms with Gasteiger partial charge in [-0.15, -0.1) is 24.0 Å². The molecular weight excluding hydrogens is 539 g/mol. The summed E-state index contributed by atoms with van der Waals surface area (Å²) in [6.07, 6.45) is 1.20. The van der Waals surface area contributed by atoms with Crippen LogP contribution in [0.2, 0.25) is 0 Å². The first-order chi connectivity index (χ1) is 14.8. The fourth-order valence-corrected chi connectivity index (χ4v) is 4.26. The molecule has 176 valence electrons. The maximum absolute atomic E-state index is 11.5. The summed E-state index contributed by atoms with van der Waals surface area (Å²) in [6.45, 7) is 8.04. The number of ether oxygens (including phenoxy) is 1. The fraction of sp³-hybridized carbons (Fsp3) is 0.435. The monoisotopic (exact) mass is 572 g/mol. The number of piperazine rings is 1. The SMILES string of the molecule is CN=C(NCCOc1ccc(S(C)(=O)=O)cc1)N1CCN(Cc2cccc(C)c2)CC1.I. The van der Waals surface area contributed by atoms with Crippen molar-refractivity contribution in [2.45, 2.75) is 18.4 Å². The zero-order valence-electron chi connectivity index (χ0n) is 19.0. The highest BCUT2D eigenvalue weighted by Gasteiger charge is 2.19. The highest BCUT2D eigenvalue weighted by Crippen LogP contribution is 2.15. The number of halogens is 1. The van der Waals surface area contributed by atoms with E-state index in [1.165, 1.54) is 17.4 Å². The first-order valence-electron chi connectivity index (χ1n) is 10.5. The van der Waals surface area contributed by atoms with E-state index < -0.39 is 9.84 Å². The summed E-state index contributed by atoms with van der Waals surface area (Å²) in [5, 5.41) is 3.35. The zero-order chi connectivity index (χ0) is 22.3. The lowest BCUT2D eigenvalue weighted by atomic mass is 10.1. The third-order valence-corrected chi connectivity index (χ3v) is 6.41. The smallest absolute Gasteiger partial charge is 0.193 e. The summed E-state index contributed by atoms with van der Waals surface area (Å²) in [7, 11) is -1.39. The van der Waals surface area contributed by atoms with Gasteiger partial charge < -0.3 is 15.0 Å². The summed E-state index contributed by atoms with van der Waals surface area (Å²) in [6, 6.07) is 15.2. The third-order valence-electron chi connectivity index (χ3n) is 5.28. The van der Waals surface area contributed by atoms with Gasteiger partial charge >= 0.3 is 0 Å². The van der Waals surface area contributed by atoms with E-state index >= 15 is 0 Å². The second kappa shape index (κ2) is 12.4. The Morgan fingerprint density at radius 2 is 1.78 bits per heavy atom. The van der Waals surface area contributed by atoms with Crippen LogP contribution < -0.4 is 10.1 Å². The summed E-state index contributed by atoms with van der Waals surface area (Å²) in [5.74, 6) is 1.53. The van der Waals surface area contributed by atoms with E-state index in [0.29, 0.717) is 23.8 Å². The van der Waals surface area contributed by atoms with Crippen molar-refractivity contribution in [3.05, 3.63) is 59.7 Å². The Morgan fingerprint density at radius 1 is 1.09 bits per heavy atom. The molecule has 0 amide bonds. The van der Waals surface area contributed by atoms with Gasteiger partial charge in [0.25, 0.3) is 0 Å². The minimum atomic E-state index is -3.19. The molecule has 1 heterocycles. The van der Waals surface area contributed by atoms with Gasteiger partial charge in [0, 0.05) is 46.0 Å². The minimum absolute atomic E-state index is 0. The van der Waals surface area contributed by atoms with E-state index in [-0.39, 0.29) is 24.0 Å². The third kappa shape index (κ3) is 7.93. The average Bonchev–Trinajstić information content (AvgIpc) is 2.74. The molecule has 1 N–H and O–H groups in total. The number of rotatable bonds is 7. The number of nitrogens with one attached hydrogen (secondary N) is 1. The van der Waals surface area contributed by atoms with Crippen LogP contribution in [0.15, 0.2) is 58.4 Å². The molecule has 2 aromatic rings. The molecule has 32 heavy (non-hydrogen) atoms. The second-order valence-electron chi connectivity index (χ2n) is 7.82. The van der Waals surface area contributed by atoms with E-state index in [4.69, 9.17) is 4.74 Å². The molecular formula is C23H33IN4O3S. The summed E-state index contributed by atoms with van der Waals surface area (Å²) < 4.78 is 28.7. The molecule has 0 aromatic heterocycles. The number of aliphatic imine (C=N–C) groups is 1. The average molecular weight is 573 g/mol. The molecule has 9 heteroatoms. The Morgan fingerprint density at radius 3 is 2.38 bits per heavy atom. The number of hydrogen-bond donors (Lipinski definition) is 1. The normalized spacial score (nSPS) is 15.2. The van der Waals surface area contributed by atoms with Crippen molar-refractivity contribution in [3.63, 3.8) is 0 Å². The van der Waals surface area contributed by atoms with Crippen LogP contribution in [0.4, 0.5) is 0 Å². The van der Waals surface area contributed by atoms with Gasteiger partial charge in [0.2, 0.25) is 0 Å². The van der Waals surface area contributed by atoms with Crippen LogP contribution in [0.25, 0.3) is 0 Å². The number of guanidine groups is 1. The maximum atomic E-state index is 11.5. The van der Waals surface area contributed by atoms with Gasteiger partial charge in [-0.05, 0) is 36.8 Å². The standard InChI is InChI=1S/C23H32N4O3S.HI/c1-19-5-4-6-20(17-19)18-26-12-14-27(15-13-26)23(24-2)25-11-16-30-21-7-9-22(10-8-21)31(3,28)29;/h4-10,17H,11-16,18H2,1-3H3,(H,24,25);1H. The van der Waals surface area contributed by atoms with E-state index in [1.54, 1.807) is 31.3 Å². The van der Waals surface area contributed by atoms with Crippen LogP contribution in [-0.2, 0) is 16.4 Å². The van der Waals surface area contributed by atoms with Gasteiger partial charge in [-0.2, -0.15) is 0 Å². The fourth-order valence-electron chi connectivity index (χ4n) is 3.63. The number of hydrogen-bond acceptors (Lipinski definition) is 5. The quantitative estimate of drug-likeness (QED) is 0.238. The van der Waals surface area contributed by atoms with Crippen LogP contribution >= 0.6 is 24.0 Å². The molecule has 2 aromatic carbocycles. The van der Waals surface area contributed by atoms with Crippen LogP contribution in [0.5, 0.6) is 5.75 Å². The largest absolute Gasteiger partial charge is 0.492 e. The first-order valence-corrected chi connectivity index (χ1v) is 12.4. The molecule has 0 aliphatic carbocycles. The van der Waals surface area contributed by atoms with Crippen molar-refractivity contribution < 1.29 is 13.2 Å². The molecule has 1 aliphatic rings. The Kier molecular flexibility index (Phi) is 10.2. The number of sulfone groups is 1. The Labute approximate surface area is 208 Å². The van der Waals surface area contributed by atoms with Gasteiger partial charge in [-0.25, -0.2) is 8.42 Å². The van der Waals surface area contributed by atoms with Crippen molar-refractivity contribution in [2.75, 3.05) is 52.6 Å². The molecule has 0 atom stereocenters. The topological polar surface area (TPSA) is 74.2 Å². The lowest BCUT2D eigenvalue weighted by molar-refractivity contribution is 0.172. The summed E-state index contributed by atoms with van der Waals surface area (Å²) in [4.78, 5) is 9.44. The first kappa shape index (κ1) is 26.4. The van der Waals surface area contributed by atoms with Crippen LogP contribution in [0, 0.1) is 6.92 Å². The van der Waals surface area contributed by atoms with E-state index in [9.17, 15) is 8.42 Å². The predicted octanol–water partition coefficient (Wildman–Crippen LogP) is 2.79. The van der Waals surface area contributed by atoms with Gasteiger partial charge in [-0.1, -0.05) is 29.8 Å². The number of aryl methyl sites for hydroxylation is 1. The maximum Gasteiger partial charge on any atom is 0.193 e. The molecule has 1 saturated heterocycles. The molecule has 1 aliphatic heterocycles. The van der Waals surface area contributed by atoms with Crippen molar-refractivity contribution in [3.8, 4) is 5.75 Å². The van der Waals surface area contributed by atoms with Gasteiger partial charge in [0.15, 0.2) is 15.8 Å².